The lowest BCUT2D eigenvalue weighted by molar-refractivity contribution is 0.356. The summed E-state index contributed by atoms with van der Waals surface area (Å²) >= 11 is 0. The molecule has 5 aromatic rings. The highest BCUT2D eigenvalue weighted by Crippen LogP contribution is 2.40. The first-order chi connectivity index (χ1) is 16.1. The van der Waals surface area contributed by atoms with Gasteiger partial charge < -0.3 is 14.4 Å². The average molecular weight is 439 g/mol. The van der Waals surface area contributed by atoms with Crippen molar-refractivity contribution in [3.05, 3.63) is 78.0 Å². The summed E-state index contributed by atoms with van der Waals surface area (Å²) in [5.41, 5.74) is 5.94. The van der Waals surface area contributed by atoms with Gasteiger partial charge in [0.05, 0.1) is 25.3 Å². The Labute approximate surface area is 192 Å². The molecule has 0 atom stereocenters. The third-order valence-electron chi connectivity index (χ3n) is 5.97. The Kier molecular flexibility index (Phi) is 5.34. The molecule has 0 amide bonds. The van der Waals surface area contributed by atoms with Crippen LogP contribution in [0.2, 0.25) is 0 Å². The topological polar surface area (TPSA) is 63.3 Å². The first kappa shape index (κ1) is 20.8. The molecule has 0 bridgehead atoms. The van der Waals surface area contributed by atoms with Crippen molar-refractivity contribution in [3.8, 4) is 22.8 Å². The van der Waals surface area contributed by atoms with Gasteiger partial charge in [-0.05, 0) is 29.8 Å². The number of nitrogens with one attached hydrogen (secondary N) is 1. The number of methoxy groups -OCH3 is 2. The molecular weight excluding hydrogens is 412 g/mol. The second kappa shape index (κ2) is 8.47. The molecule has 0 saturated carbocycles. The molecule has 0 radical (unpaired) electrons. The summed E-state index contributed by atoms with van der Waals surface area (Å²) in [5.74, 6) is 1.35. The second-order valence-electron chi connectivity index (χ2n) is 8.22. The van der Waals surface area contributed by atoms with Crippen LogP contribution >= 0.6 is 0 Å². The molecule has 0 fully saturated rings. The number of H-pyrrole nitrogens is 1. The molecule has 33 heavy (non-hydrogen) atoms. The zero-order valence-corrected chi connectivity index (χ0v) is 19.2. The Morgan fingerprint density at radius 2 is 1.52 bits per heavy atom. The van der Waals surface area contributed by atoms with Crippen LogP contribution in [0.3, 0.4) is 0 Å². The van der Waals surface area contributed by atoms with E-state index < -0.39 is 0 Å². The van der Waals surface area contributed by atoms with E-state index in [9.17, 15) is 0 Å². The minimum Gasteiger partial charge on any atom is -0.493 e. The second-order valence-corrected chi connectivity index (χ2v) is 8.22. The van der Waals surface area contributed by atoms with E-state index in [4.69, 9.17) is 14.5 Å². The van der Waals surface area contributed by atoms with E-state index in [2.05, 4.69) is 51.5 Å². The number of pyridine rings is 1. The van der Waals surface area contributed by atoms with Gasteiger partial charge in [-0.15, -0.1) is 0 Å². The van der Waals surface area contributed by atoms with Crippen LogP contribution in [-0.4, -0.2) is 43.5 Å². The highest BCUT2D eigenvalue weighted by molar-refractivity contribution is 6.12. The maximum absolute atomic E-state index is 5.63. The smallest absolute Gasteiger partial charge is 0.182 e. The number of aromatic amines is 1. The van der Waals surface area contributed by atoms with E-state index in [0.717, 1.165) is 45.2 Å². The summed E-state index contributed by atoms with van der Waals surface area (Å²) in [7, 11) is 7.37. The maximum Gasteiger partial charge on any atom is 0.182 e. The number of benzene rings is 3. The van der Waals surface area contributed by atoms with Crippen LogP contribution in [-0.2, 0) is 6.42 Å². The molecule has 6 heteroatoms. The zero-order valence-electron chi connectivity index (χ0n) is 19.2. The quantitative estimate of drug-likeness (QED) is 0.382. The molecule has 6 nitrogen and oxygen atoms in total. The number of nitrogens with zero attached hydrogens (tertiary/aromatic N) is 3. The minimum atomic E-state index is 0.672. The van der Waals surface area contributed by atoms with Gasteiger partial charge >= 0.3 is 0 Å². The molecule has 0 aliphatic rings. The third-order valence-corrected chi connectivity index (χ3v) is 5.97. The van der Waals surface area contributed by atoms with Gasteiger partial charge in [0.25, 0.3) is 0 Å². The molecule has 0 aliphatic heterocycles. The Bertz CT molecular complexity index is 1420. The van der Waals surface area contributed by atoms with Crippen LogP contribution < -0.4 is 14.4 Å². The molecule has 1 N–H and O–H groups in total. The van der Waals surface area contributed by atoms with Crippen LogP contribution in [0, 0.1) is 0 Å². The van der Waals surface area contributed by atoms with Crippen molar-refractivity contribution in [3.63, 3.8) is 0 Å². The lowest BCUT2D eigenvalue weighted by atomic mass is 9.98. The number of aromatic nitrogens is 3. The van der Waals surface area contributed by atoms with Gasteiger partial charge in [0.2, 0.25) is 0 Å². The van der Waals surface area contributed by atoms with Gasteiger partial charge in [-0.1, -0.05) is 42.5 Å². The minimum absolute atomic E-state index is 0.672. The fourth-order valence-corrected chi connectivity index (χ4v) is 4.24. The van der Waals surface area contributed by atoms with Gasteiger partial charge in [0.1, 0.15) is 0 Å². The van der Waals surface area contributed by atoms with Crippen molar-refractivity contribution in [1.29, 1.82) is 0 Å². The van der Waals surface area contributed by atoms with Crippen molar-refractivity contribution in [1.82, 2.24) is 15.2 Å². The average Bonchev–Trinajstić information content (AvgIpc) is 3.25. The van der Waals surface area contributed by atoms with Gasteiger partial charge in [0, 0.05) is 48.2 Å². The Morgan fingerprint density at radius 3 is 2.15 bits per heavy atom. The van der Waals surface area contributed by atoms with E-state index in [1.165, 1.54) is 5.56 Å². The first-order valence-corrected chi connectivity index (χ1v) is 10.8. The van der Waals surface area contributed by atoms with Crippen molar-refractivity contribution in [2.75, 3.05) is 33.2 Å². The number of hydrogen-bond acceptors (Lipinski definition) is 5. The van der Waals surface area contributed by atoms with Gasteiger partial charge in [0.15, 0.2) is 17.1 Å². The lowest BCUT2D eigenvalue weighted by Crippen LogP contribution is -2.07. The van der Waals surface area contributed by atoms with E-state index in [1.54, 1.807) is 14.2 Å². The highest BCUT2D eigenvalue weighted by Gasteiger charge is 2.19. The monoisotopic (exact) mass is 438 g/mol. The summed E-state index contributed by atoms with van der Waals surface area (Å²) < 4.78 is 11.3. The fourth-order valence-electron chi connectivity index (χ4n) is 4.24. The van der Waals surface area contributed by atoms with Crippen molar-refractivity contribution < 1.29 is 9.47 Å². The first-order valence-electron chi connectivity index (χ1n) is 10.8. The summed E-state index contributed by atoms with van der Waals surface area (Å²) in [6, 6.07) is 22.8. The highest BCUT2D eigenvalue weighted by atomic mass is 16.5. The molecule has 0 unspecified atom stereocenters. The molecule has 2 heterocycles. The fraction of sp³-hybridized carbons (Fsp3) is 0.185. The molecular formula is C27H26N4O2. The van der Waals surface area contributed by atoms with Crippen LogP contribution in [0.5, 0.6) is 11.5 Å². The predicted octanol–water partition coefficient (Wildman–Crippen LogP) is 5.45. The third kappa shape index (κ3) is 3.74. The van der Waals surface area contributed by atoms with Crippen LogP contribution in [0.4, 0.5) is 5.69 Å². The molecule has 5 rings (SSSR count). The SMILES string of the molecule is COc1cc2c(-c3ccc(N(C)C)cc3)nc3n[nH]c(Cc4ccccc4)c3c2cc1OC. The summed E-state index contributed by atoms with van der Waals surface area (Å²) in [6.45, 7) is 0. The number of fused-ring (bicyclic) bond motifs is 3. The largest absolute Gasteiger partial charge is 0.493 e. The Hall–Kier alpha value is -4.06. The lowest BCUT2D eigenvalue weighted by Gasteiger charge is -2.15. The van der Waals surface area contributed by atoms with Crippen molar-refractivity contribution in [2.45, 2.75) is 6.42 Å². The predicted molar refractivity (Wildman–Crippen MR) is 134 cm³/mol. The molecule has 166 valence electrons. The number of ether oxygens (including phenoxy) is 2. The Morgan fingerprint density at radius 1 is 0.848 bits per heavy atom. The zero-order chi connectivity index (χ0) is 22.9. The van der Waals surface area contributed by atoms with Gasteiger partial charge in [-0.25, -0.2) is 4.98 Å². The van der Waals surface area contributed by atoms with Crippen molar-refractivity contribution >= 4 is 27.5 Å². The Balaban J connectivity index is 1.77. The molecule has 0 saturated heterocycles. The molecule has 0 aliphatic carbocycles. The standard InChI is InChI=1S/C27H26N4O2/c1-31(2)19-12-10-18(11-13-19)26-21-16-24(33-4)23(32-3)15-20(21)25-22(29-30-27(25)28-26)14-17-8-6-5-7-9-17/h5-13,15-16H,14H2,1-4H3,(H,28,29,30). The normalized spacial score (nSPS) is 11.2. The summed E-state index contributed by atoms with van der Waals surface area (Å²) in [5, 5.41) is 10.8. The summed E-state index contributed by atoms with van der Waals surface area (Å²) in [4.78, 5) is 7.07. The number of anilines is 1. The van der Waals surface area contributed by atoms with E-state index in [1.807, 2.05) is 44.4 Å². The molecule has 3 aromatic carbocycles. The van der Waals surface area contributed by atoms with Gasteiger partial charge in [-0.3, -0.25) is 5.10 Å². The number of rotatable bonds is 6. The van der Waals surface area contributed by atoms with E-state index in [-0.39, 0.29) is 0 Å². The van der Waals surface area contributed by atoms with Crippen molar-refractivity contribution in [2.24, 2.45) is 0 Å². The molecule has 0 spiro atoms. The summed E-state index contributed by atoms with van der Waals surface area (Å²) in [6.07, 6.45) is 0.735. The maximum atomic E-state index is 5.63. The van der Waals surface area contributed by atoms with Crippen LogP contribution in [0.15, 0.2) is 66.7 Å². The van der Waals surface area contributed by atoms with Crippen LogP contribution in [0.25, 0.3) is 33.1 Å². The van der Waals surface area contributed by atoms with Gasteiger partial charge in [-0.2, -0.15) is 5.10 Å². The van der Waals surface area contributed by atoms with Crippen LogP contribution in [0.1, 0.15) is 11.3 Å². The molecule has 2 aromatic heterocycles. The van der Waals surface area contributed by atoms with E-state index >= 15 is 0 Å². The van der Waals surface area contributed by atoms with E-state index in [0.29, 0.717) is 17.1 Å². The number of hydrogen-bond donors (Lipinski definition) is 1.